The van der Waals surface area contributed by atoms with E-state index in [4.69, 9.17) is 4.74 Å². The molecule has 0 aliphatic rings. The minimum absolute atomic E-state index is 0.0192. The first-order chi connectivity index (χ1) is 13.3. The Morgan fingerprint density at radius 1 is 0.966 bits per heavy atom. The zero-order valence-corrected chi connectivity index (χ0v) is 18.3. The molecule has 1 N–H and O–H groups in total. The SMILES string of the molecule is CCOC(=O)c1ccc(C(=O)Nc2ccc(C(C)(C)C)cc2C(C)(C)C)cc1F. The lowest BCUT2D eigenvalue weighted by Crippen LogP contribution is -2.21. The lowest BCUT2D eigenvalue weighted by Gasteiger charge is -2.27. The third-order valence-corrected chi connectivity index (χ3v) is 4.67. The summed E-state index contributed by atoms with van der Waals surface area (Å²) in [7, 11) is 0. The summed E-state index contributed by atoms with van der Waals surface area (Å²) in [4.78, 5) is 24.5. The number of hydrogen-bond donors (Lipinski definition) is 1. The van der Waals surface area contributed by atoms with Crippen molar-refractivity contribution in [2.24, 2.45) is 0 Å². The Balaban J connectivity index is 2.35. The van der Waals surface area contributed by atoms with E-state index in [2.05, 4.69) is 52.9 Å². The van der Waals surface area contributed by atoms with Gasteiger partial charge in [-0.05, 0) is 53.1 Å². The number of carbonyl (C=O) groups is 2. The second kappa shape index (κ2) is 8.36. The maximum Gasteiger partial charge on any atom is 0.341 e. The van der Waals surface area contributed by atoms with Crippen LogP contribution in [0.4, 0.5) is 10.1 Å². The molecule has 5 heteroatoms. The van der Waals surface area contributed by atoms with Crippen LogP contribution in [-0.2, 0) is 15.6 Å². The molecule has 0 aliphatic carbocycles. The standard InChI is InChI=1S/C24H30FNO3/c1-8-29-22(28)17-11-9-15(13-19(17)25)21(27)26-20-12-10-16(23(2,3)4)14-18(20)24(5,6)7/h9-14H,8H2,1-7H3,(H,26,27). The zero-order chi connectivity index (χ0) is 22.0. The molecular formula is C24H30FNO3. The summed E-state index contributed by atoms with van der Waals surface area (Å²) >= 11 is 0. The first kappa shape index (κ1) is 22.6. The van der Waals surface area contributed by atoms with Gasteiger partial charge in [-0.1, -0.05) is 53.7 Å². The summed E-state index contributed by atoms with van der Waals surface area (Å²) in [6.07, 6.45) is 0. The Morgan fingerprint density at radius 3 is 2.14 bits per heavy atom. The Morgan fingerprint density at radius 2 is 1.62 bits per heavy atom. The number of ether oxygens (including phenoxy) is 1. The number of hydrogen-bond acceptors (Lipinski definition) is 3. The van der Waals surface area contributed by atoms with E-state index in [0.717, 1.165) is 11.6 Å². The molecule has 156 valence electrons. The fourth-order valence-electron chi connectivity index (χ4n) is 2.97. The second-order valence-corrected chi connectivity index (χ2v) is 9.13. The molecule has 0 unspecified atom stereocenters. The average Bonchev–Trinajstić information content (AvgIpc) is 2.60. The molecule has 2 aromatic carbocycles. The second-order valence-electron chi connectivity index (χ2n) is 9.13. The maximum absolute atomic E-state index is 14.3. The van der Waals surface area contributed by atoms with Gasteiger partial charge in [0, 0.05) is 11.3 Å². The summed E-state index contributed by atoms with van der Waals surface area (Å²) in [5.74, 6) is -1.96. The van der Waals surface area contributed by atoms with Crippen molar-refractivity contribution >= 4 is 17.6 Å². The van der Waals surface area contributed by atoms with Gasteiger partial charge in [0.05, 0.1) is 12.2 Å². The van der Waals surface area contributed by atoms with Gasteiger partial charge in [0.15, 0.2) is 0 Å². The number of esters is 1. The Labute approximate surface area is 172 Å². The van der Waals surface area contributed by atoms with Gasteiger partial charge in [0.2, 0.25) is 0 Å². The van der Waals surface area contributed by atoms with E-state index in [9.17, 15) is 14.0 Å². The fourth-order valence-corrected chi connectivity index (χ4v) is 2.97. The van der Waals surface area contributed by atoms with Crippen molar-refractivity contribution in [2.45, 2.75) is 59.3 Å². The molecule has 0 aromatic heterocycles. The Kier molecular flexibility index (Phi) is 6.51. The molecule has 1 amide bonds. The molecule has 0 radical (unpaired) electrons. The highest BCUT2D eigenvalue weighted by molar-refractivity contribution is 6.05. The fraction of sp³-hybridized carbons (Fsp3) is 0.417. The predicted molar refractivity (Wildman–Crippen MR) is 114 cm³/mol. The van der Waals surface area contributed by atoms with Crippen molar-refractivity contribution in [3.63, 3.8) is 0 Å². The molecule has 0 aliphatic heterocycles. The molecule has 4 nitrogen and oxygen atoms in total. The number of halogens is 1. The molecule has 2 aromatic rings. The highest BCUT2D eigenvalue weighted by atomic mass is 19.1. The summed E-state index contributed by atoms with van der Waals surface area (Å²) in [5.41, 5.74) is 2.60. The molecule has 0 saturated heterocycles. The minimum Gasteiger partial charge on any atom is -0.462 e. The largest absolute Gasteiger partial charge is 0.462 e. The molecule has 0 saturated carbocycles. The van der Waals surface area contributed by atoms with Crippen molar-refractivity contribution in [2.75, 3.05) is 11.9 Å². The number of rotatable bonds is 4. The molecule has 0 spiro atoms. The highest BCUT2D eigenvalue weighted by Gasteiger charge is 2.24. The molecule has 0 bridgehead atoms. The topological polar surface area (TPSA) is 55.4 Å². The van der Waals surface area contributed by atoms with E-state index in [1.807, 2.05) is 12.1 Å². The summed E-state index contributed by atoms with van der Waals surface area (Å²) in [5, 5.41) is 2.89. The van der Waals surface area contributed by atoms with Gasteiger partial charge in [-0.25, -0.2) is 9.18 Å². The van der Waals surface area contributed by atoms with E-state index in [1.54, 1.807) is 6.92 Å². The third kappa shape index (κ3) is 5.43. The maximum atomic E-state index is 14.3. The van der Waals surface area contributed by atoms with Gasteiger partial charge in [0.25, 0.3) is 5.91 Å². The molecule has 0 atom stereocenters. The number of anilines is 1. The highest BCUT2D eigenvalue weighted by Crippen LogP contribution is 2.34. The molecule has 0 heterocycles. The van der Waals surface area contributed by atoms with Gasteiger partial charge in [0.1, 0.15) is 5.82 Å². The van der Waals surface area contributed by atoms with Crippen molar-refractivity contribution in [1.82, 2.24) is 0 Å². The van der Waals surface area contributed by atoms with Gasteiger partial charge >= 0.3 is 5.97 Å². The molecule has 0 fully saturated rings. The van der Waals surface area contributed by atoms with Gasteiger partial charge in [-0.3, -0.25) is 4.79 Å². The van der Waals surface area contributed by atoms with Crippen LogP contribution >= 0.6 is 0 Å². The van der Waals surface area contributed by atoms with Crippen LogP contribution in [0.3, 0.4) is 0 Å². The molecular weight excluding hydrogens is 369 g/mol. The number of benzene rings is 2. The van der Waals surface area contributed by atoms with E-state index in [0.29, 0.717) is 5.69 Å². The third-order valence-electron chi connectivity index (χ3n) is 4.67. The van der Waals surface area contributed by atoms with Crippen LogP contribution in [0.2, 0.25) is 0 Å². The monoisotopic (exact) mass is 399 g/mol. The lowest BCUT2D eigenvalue weighted by molar-refractivity contribution is 0.0520. The van der Waals surface area contributed by atoms with E-state index >= 15 is 0 Å². The van der Waals surface area contributed by atoms with Gasteiger partial charge in [-0.15, -0.1) is 0 Å². The number of nitrogens with one attached hydrogen (secondary N) is 1. The van der Waals surface area contributed by atoms with E-state index in [1.165, 1.54) is 17.7 Å². The van der Waals surface area contributed by atoms with Crippen molar-refractivity contribution in [3.05, 3.63) is 64.5 Å². The quantitative estimate of drug-likeness (QED) is 0.656. The summed E-state index contributed by atoms with van der Waals surface area (Å²) < 4.78 is 19.1. The smallest absolute Gasteiger partial charge is 0.341 e. The van der Waals surface area contributed by atoms with Crippen molar-refractivity contribution in [3.8, 4) is 0 Å². The van der Waals surface area contributed by atoms with Gasteiger partial charge < -0.3 is 10.1 Å². The predicted octanol–water partition coefficient (Wildman–Crippen LogP) is 5.85. The van der Waals surface area contributed by atoms with Crippen LogP contribution in [0.5, 0.6) is 0 Å². The van der Waals surface area contributed by atoms with Crippen molar-refractivity contribution in [1.29, 1.82) is 0 Å². The average molecular weight is 400 g/mol. The van der Waals surface area contributed by atoms with Crippen LogP contribution in [-0.4, -0.2) is 18.5 Å². The van der Waals surface area contributed by atoms with Crippen LogP contribution in [0.1, 0.15) is 80.3 Å². The van der Waals surface area contributed by atoms with Crippen LogP contribution < -0.4 is 5.32 Å². The van der Waals surface area contributed by atoms with Crippen LogP contribution in [0.25, 0.3) is 0 Å². The van der Waals surface area contributed by atoms with Crippen molar-refractivity contribution < 1.29 is 18.7 Å². The Bertz CT molecular complexity index is 921. The number of carbonyl (C=O) groups excluding carboxylic acids is 2. The lowest BCUT2D eigenvalue weighted by atomic mass is 9.80. The van der Waals surface area contributed by atoms with Crippen LogP contribution in [0, 0.1) is 5.82 Å². The zero-order valence-electron chi connectivity index (χ0n) is 18.3. The molecule has 2 rings (SSSR count). The van der Waals surface area contributed by atoms with E-state index < -0.39 is 17.7 Å². The van der Waals surface area contributed by atoms with Gasteiger partial charge in [-0.2, -0.15) is 0 Å². The van der Waals surface area contributed by atoms with Crippen LogP contribution in [0.15, 0.2) is 36.4 Å². The summed E-state index contributed by atoms with van der Waals surface area (Å²) in [6, 6.07) is 9.75. The first-order valence-electron chi connectivity index (χ1n) is 9.77. The normalized spacial score (nSPS) is 11.9. The first-order valence-corrected chi connectivity index (χ1v) is 9.77. The Hall–Kier alpha value is -2.69. The minimum atomic E-state index is -0.782. The number of amides is 1. The summed E-state index contributed by atoms with van der Waals surface area (Å²) in [6.45, 7) is 14.5. The molecule has 29 heavy (non-hydrogen) atoms. The van der Waals surface area contributed by atoms with E-state index in [-0.39, 0.29) is 28.6 Å².